The van der Waals surface area contributed by atoms with Gasteiger partial charge in [0.2, 0.25) is 11.8 Å². The topological polar surface area (TPSA) is 86.8 Å². The van der Waals surface area contributed by atoms with E-state index in [4.69, 9.17) is 11.6 Å². The number of hydrogen-bond donors (Lipinski definition) is 1. The number of carbonyl (C=O) groups is 2. The van der Waals surface area contributed by atoms with E-state index >= 15 is 0 Å². The van der Waals surface area contributed by atoms with E-state index in [1.807, 2.05) is 68.4 Å². The van der Waals surface area contributed by atoms with Gasteiger partial charge in [-0.3, -0.25) is 13.9 Å². The summed E-state index contributed by atoms with van der Waals surface area (Å²) in [7, 11) is -4.21. The first-order chi connectivity index (χ1) is 21.0. The molecule has 0 radical (unpaired) electrons. The molecule has 1 N–H and O–H groups in total. The second-order valence-corrected chi connectivity index (χ2v) is 14.0. The van der Waals surface area contributed by atoms with Crippen molar-refractivity contribution >= 4 is 55.1 Å². The lowest BCUT2D eigenvalue weighted by molar-refractivity contribution is -0.140. The number of rotatable bonds is 12. The normalized spacial score (nSPS) is 12.0. The minimum atomic E-state index is -4.21. The first-order valence-corrected chi connectivity index (χ1v) is 16.8. The van der Waals surface area contributed by atoms with Crippen molar-refractivity contribution in [3.63, 3.8) is 0 Å². The number of hydrogen-bond acceptors (Lipinski definition) is 4. The smallest absolute Gasteiger partial charge is 0.264 e. The number of nitrogens with zero attached hydrogens (tertiary/aromatic N) is 2. The summed E-state index contributed by atoms with van der Waals surface area (Å²) in [5.41, 5.74) is 2.55. The maximum atomic E-state index is 14.5. The fourth-order valence-corrected chi connectivity index (χ4v) is 6.96. The quantitative estimate of drug-likeness (QED) is 0.177. The number of anilines is 1. The monoisotopic (exact) mass is 695 g/mol. The number of amides is 2. The predicted molar refractivity (Wildman–Crippen MR) is 179 cm³/mol. The second kappa shape index (κ2) is 14.9. The number of halogens is 2. The SMILES string of the molecule is Cc1ccc(Cl)cc1N(CC(=O)N(Cc1cccc(Br)c1)[C@@H](Cc1ccccc1)C(=O)NC(C)C)S(=O)(=O)c1ccccc1. The van der Waals surface area contributed by atoms with Crippen LogP contribution in [0.1, 0.15) is 30.5 Å². The van der Waals surface area contributed by atoms with E-state index < -0.39 is 28.5 Å². The Labute approximate surface area is 273 Å². The van der Waals surface area contributed by atoms with Crippen LogP contribution in [0.2, 0.25) is 5.02 Å². The van der Waals surface area contributed by atoms with Crippen LogP contribution in [-0.4, -0.2) is 43.8 Å². The van der Waals surface area contributed by atoms with E-state index in [0.717, 1.165) is 19.9 Å². The van der Waals surface area contributed by atoms with Crippen molar-refractivity contribution in [1.29, 1.82) is 0 Å². The molecule has 0 saturated heterocycles. The molecule has 4 aromatic carbocycles. The lowest BCUT2D eigenvalue weighted by Gasteiger charge is -2.34. The van der Waals surface area contributed by atoms with Gasteiger partial charge < -0.3 is 10.2 Å². The Hall–Kier alpha value is -3.66. The Kier molecular flexibility index (Phi) is 11.2. The van der Waals surface area contributed by atoms with Crippen LogP contribution in [0.4, 0.5) is 5.69 Å². The summed E-state index contributed by atoms with van der Waals surface area (Å²) in [6.07, 6.45) is 0.237. The molecule has 0 aliphatic carbocycles. The van der Waals surface area contributed by atoms with Gasteiger partial charge in [-0.05, 0) is 73.9 Å². The number of carbonyl (C=O) groups excluding carboxylic acids is 2. The molecule has 0 aliphatic rings. The van der Waals surface area contributed by atoms with Gasteiger partial charge in [-0.25, -0.2) is 8.42 Å². The molecule has 2 amide bonds. The summed E-state index contributed by atoms with van der Waals surface area (Å²) in [6, 6.07) is 28.7. The highest BCUT2D eigenvalue weighted by Gasteiger charge is 2.35. The molecule has 10 heteroatoms. The molecule has 44 heavy (non-hydrogen) atoms. The van der Waals surface area contributed by atoms with Crippen LogP contribution in [0.15, 0.2) is 112 Å². The minimum absolute atomic E-state index is 0.0316. The average Bonchev–Trinajstić information content (AvgIpc) is 2.99. The molecule has 0 saturated carbocycles. The van der Waals surface area contributed by atoms with Gasteiger partial charge in [0.25, 0.3) is 10.0 Å². The van der Waals surface area contributed by atoms with Crippen molar-refractivity contribution in [1.82, 2.24) is 10.2 Å². The zero-order valence-corrected chi connectivity index (χ0v) is 27.9. The molecule has 0 fully saturated rings. The number of aryl methyl sites for hydroxylation is 1. The molecule has 0 heterocycles. The standard InChI is InChI=1S/C34H35BrClN3O4S/c1-24(2)37-34(41)32(20-26-11-6-4-7-12-26)38(22-27-13-10-14-28(35)19-27)33(40)23-39(31-21-29(36)18-17-25(31)3)44(42,43)30-15-8-5-9-16-30/h4-19,21,24,32H,20,22-23H2,1-3H3,(H,37,41)/t32-/m0/s1. The van der Waals surface area contributed by atoms with Crippen molar-refractivity contribution in [2.75, 3.05) is 10.8 Å². The lowest BCUT2D eigenvalue weighted by Crippen LogP contribution is -2.54. The van der Waals surface area contributed by atoms with Crippen LogP contribution >= 0.6 is 27.5 Å². The summed E-state index contributed by atoms with van der Waals surface area (Å²) in [4.78, 5) is 29.8. The third-order valence-electron chi connectivity index (χ3n) is 6.99. The van der Waals surface area contributed by atoms with Crippen molar-refractivity contribution < 1.29 is 18.0 Å². The van der Waals surface area contributed by atoms with Gasteiger partial charge in [-0.15, -0.1) is 0 Å². The maximum absolute atomic E-state index is 14.5. The van der Waals surface area contributed by atoms with Crippen molar-refractivity contribution in [3.8, 4) is 0 Å². The summed E-state index contributed by atoms with van der Waals surface area (Å²) >= 11 is 9.83. The molecule has 230 valence electrons. The van der Waals surface area contributed by atoms with Gasteiger partial charge in [0.15, 0.2) is 0 Å². The van der Waals surface area contributed by atoms with Crippen LogP contribution in [0.3, 0.4) is 0 Å². The molecule has 0 aromatic heterocycles. The fourth-order valence-electron chi connectivity index (χ4n) is 4.85. The Morgan fingerprint density at radius 2 is 1.50 bits per heavy atom. The highest BCUT2D eigenvalue weighted by Crippen LogP contribution is 2.30. The summed E-state index contributed by atoms with van der Waals surface area (Å²) in [6.45, 7) is 5.00. The van der Waals surface area contributed by atoms with E-state index in [1.54, 1.807) is 37.3 Å². The van der Waals surface area contributed by atoms with Gasteiger partial charge in [-0.2, -0.15) is 0 Å². The van der Waals surface area contributed by atoms with Crippen molar-refractivity contribution in [3.05, 3.63) is 129 Å². The average molecular weight is 697 g/mol. The number of nitrogens with one attached hydrogen (secondary N) is 1. The Balaban J connectivity index is 1.83. The third kappa shape index (κ3) is 8.49. The zero-order valence-electron chi connectivity index (χ0n) is 24.8. The first-order valence-electron chi connectivity index (χ1n) is 14.2. The van der Waals surface area contributed by atoms with Gasteiger partial charge in [-0.1, -0.05) is 94.3 Å². The molecule has 0 spiro atoms. The minimum Gasteiger partial charge on any atom is -0.352 e. The predicted octanol–water partition coefficient (Wildman–Crippen LogP) is 6.77. The van der Waals surface area contributed by atoms with Crippen LogP contribution in [-0.2, 0) is 32.6 Å². The Morgan fingerprint density at radius 1 is 0.864 bits per heavy atom. The lowest BCUT2D eigenvalue weighted by atomic mass is 10.0. The van der Waals surface area contributed by atoms with Crippen LogP contribution < -0.4 is 9.62 Å². The largest absolute Gasteiger partial charge is 0.352 e. The third-order valence-corrected chi connectivity index (χ3v) is 9.50. The highest BCUT2D eigenvalue weighted by molar-refractivity contribution is 9.10. The molecular formula is C34H35BrClN3O4S. The summed E-state index contributed by atoms with van der Waals surface area (Å²) < 4.78 is 30.1. The van der Waals surface area contributed by atoms with E-state index in [9.17, 15) is 18.0 Å². The highest BCUT2D eigenvalue weighted by atomic mass is 79.9. The Morgan fingerprint density at radius 3 is 2.14 bits per heavy atom. The van der Waals surface area contributed by atoms with Crippen LogP contribution in [0.25, 0.3) is 0 Å². The van der Waals surface area contributed by atoms with Crippen LogP contribution in [0, 0.1) is 6.92 Å². The van der Waals surface area contributed by atoms with E-state index in [-0.39, 0.29) is 35.5 Å². The van der Waals surface area contributed by atoms with Crippen molar-refractivity contribution in [2.45, 2.75) is 50.7 Å². The van der Waals surface area contributed by atoms with Gasteiger partial charge >= 0.3 is 0 Å². The van der Waals surface area contributed by atoms with Crippen molar-refractivity contribution in [2.24, 2.45) is 0 Å². The molecule has 0 bridgehead atoms. The molecule has 4 rings (SSSR count). The summed E-state index contributed by atoms with van der Waals surface area (Å²) in [5.74, 6) is -0.868. The number of sulfonamides is 1. The number of benzene rings is 4. The van der Waals surface area contributed by atoms with Gasteiger partial charge in [0.1, 0.15) is 12.6 Å². The molecule has 0 aliphatic heterocycles. The fraction of sp³-hybridized carbons (Fsp3) is 0.235. The Bertz CT molecular complexity index is 1700. The molecule has 7 nitrogen and oxygen atoms in total. The van der Waals surface area contributed by atoms with E-state index in [0.29, 0.717) is 10.6 Å². The second-order valence-electron chi connectivity index (χ2n) is 10.8. The van der Waals surface area contributed by atoms with E-state index in [2.05, 4.69) is 21.2 Å². The first kappa shape index (κ1) is 33.2. The molecular weight excluding hydrogens is 662 g/mol. The maximum Gasteiger partial charge on any atom is 0.264 e. The zero-order chi connectivity index (χ0) is 31.9. The van der Waals surface area contributed by atoms with Gasteiger partial charge in [0.05, 0.1) is 10.6 Å². The molecule has 4 aromatic rings. The van der Waals surface area contributed by atoms with Gasteiger partial charge in [0, 0.05) is 28.5 Å². The molecule has 1 atom stereocenters. The van der Waals surface area contributed by atoms with Crippen LogP contribution in [0.5, 0.6) is 0 Å². The summed E-state index contributed by atoms with van der Waals surface area (Å²) in [5, 5.41) is 3.29. The van der Waals surface area contributed by atoms with E-state index in [1.165, 1.54) is 23.1 Å². The molecule has 0 unspecified atom stereocenters.